The zero-order valence-electron chi connectivity index (χ0n) is 14.2. The number of aromatic amines is 1. The number of aryl methyl sites for hydroxylation is 1. The van der Waals surface area contributed by atoms with Gasteiger partial charge in [-0.05, 0) is 23.8 Å². The van der Waals surface area contributed by atoms with Gasteiger partial charge >= 0.3 is 0 Å². The van der Waals surface area contributed by atoms with E-state index in [2.05, 4.69) is 58.6 Å². The molecule has 5 nitrogen and oxygen atoms in total. The molecule has 3 heterocycles. The van der Waals surface area contributed by atoms with Gasteiger partial charge in [0.2, 0.25) is 0 Å². The Balaban J connectivity index is 1.42. The molecule has 1 spiro atoms. The first-order chi connectivity index (χ1) is 12.2. The molecule has 1 atom stereocenters. The molecule has 2 aliphatic rings. The van der Waals surface area contributed by atoms with Gasteiger partial charge in [-0.2, -0.15) is 0 Å². The summed E-state index contributed by atoms with van der Waals surface area (Å²) >= 11 is 0. The van der Waals surface area contributed by atoms with E-state index in [9.17, 15) is 0 Å². The minimum atomic E-state index is -0.460. The first-order valence-electron chi connectivity index (χ1n) is 8.78. The molecule has 2 N–H and O–H groups in total. The summed E-state index contributed by atoms with van der Waals surface area (Å²) in [6, 6.07) is 13.2. The molecule has 1 aromatic heterocycles. The lowest BCUT2D eigenvalue weighted by atomic mass is 10.0. The second-order valence-electron chi connectivity index (χ2n) is 6.99. The molecule has 25 heavy (non-hydrogen) atoms. The molecule has 0 bridgehead atoms. The summed E-state index contributed by atoms with van der Waals surface area (Å²) in [5.41, 5.74) is 3.46. The van der Waals surface area contributed by atoms with Crippen molar-refractivity contribution >= 4 is 10.8 Å². The third-order valence-electron chi connectivity index (χ3n) is 5.18. The van der Waals surface area contributed by atoms with Crippen LogP contribution in [0.3, 0.4) is 0 Å². The van der Waals surface area contributed by atoms with E-state index in [0.717, 1.165) is 23.5 Å². The highest BCUT2D eigenvalue weighted by Crippen LogP contribution is 2.35. The summed E-state index contributed by atoms with van der Waals surface area (Å²) in [7, 11) is 0. The lowest BCUT2D eigenvalue weighted by Crippen LogP contribution is -2.32. The van der Waals surface area contributed by atoms with Crippen LogP contribution in [-0.4, -0.2) is 35.5 Å². The third-order valence-corrected chi connectivity index (χ3v) is 5.18. The molecule has 5 heteroatoms. The van der Waals surface area contributed by atoms with Crippen molar-refractivity contribution < 1.29 is 9.47 Å². The zero-order valence-corrected chi connectivity index (χ0v) is 14.2. The second kappa shape index (κ2) is 5.66. The maximum Gasteiger partial charge on any atom is 0.182 e. The van der Waals surface area contributed by atoms with Crippen LogP contribution in [0.1, 0.15) is 23.9 Å². The average Bonchev–Trinajstić information content (AvgIpc) is 3.36. The molecule has 3 aromatic rings. The summed E-state index contributed by atoms with van der Waals surface area (Å²) in [4.78, 5) is 8.06. The number of rotatable bonds is 2. The van der Waals surface area contributed by atoms with Crippen molar-refractivity contribution in [2.75, 3.05) is 19.8 Å². The Kier molecular flexibility index (Phi) is 3.41. The van der Waals surface area contributed by atoms with Crippen LogP contribution in [0.25, 0.3) is 22.0 Å². The van der Waals surface area contributed by atoms with Gasteiger partial charge in [-0.25, -0.2) is 4.98 Å². The number of fused-ring (bicyclic) bond motifs is 1. The van der Waals surface area contributed by atoms with Crippen LogP contribution in [0.15, 0.2) is 42.6 Å². The van der Waals surface area contributed by atoms with Crippen LogP contribution in [0.2, 0.25) is 0 Å². The van der Waals surface area contributed by atoms with Crippen LogP contribution >= 0.6 is 0 Å². The van der Waals surface area contributed by atoms with Crippen molar-refractivity contribution in [1.82, 2.24) is 15.3 Å². The van der Waals surface area contributed by atoms with E-state index in [1.807, 2.05) is 6.20 Å². The van der Waals surface area contributed by atoms with E-state index in [0.29, 0.717) is 19.8 Å². The Hall–Kier alpha value is -2.21. The monoisotopic (exact) mass is 335 g/mol. The molecular formula is C20H21N3O2. The molecule has 2 aliphatic heterocycles. The SMILES string of the molecule is Cc1ccc2cc(-c3cnc([C@@H]4CC5(CN4)OCCO5)[nH]3)ccc2c1. The highest BCUT2D eigenvalue weighted by Gasteiger charge is 2.45. The van der Waals surface area contributed by atoms with Crippen LogP contribution in [0, 0.1) is 6.92 Å². The van der Waals surface area contributed by atoms with Crippen LogP contribution < -0.4 is 5.32 Å². The van der Waals surface area contributed by atoms with Gasteiger partial charge in [0.15, 0.2) is 5.79 Å². The Labute approximate surface area is 146 Å². The van der Waals surface area contributed by atoms with Crippen molar-refractivity contribution in [2.24, 2.45) is 0 Å². The molecule has 0 unspecified atom stereocenters. The summed E-state index contributed by atoms with van der Waals surface area (Å²) in [6.45, 7) is 4.18. The maximum atomic E-state index is 5.78. The second-order valence-corrected chi connectivity index (χ2v) is 6.99. The van der Waals surface area contributed by atoms with E-state index < -0.39 is 5.79 Å². The minimum Gasteiger partial charge on any atom is -0.346 e. The molecule has 5 rings (SSSR count). The standard InChI is InChI=1S/C20H21N3O2/c1-13-2-3-15-9-16(5-4-14(15)8-13)18-11-21-19(23-18)17-10-20(12-22-17)24-6-7-25-20/h2-5,8-9,11,17,22H,6-7,10,12H2,1H3,(H,21,23)/t17-/m0/s1. The number of imidazole rings is 1. The molecule has 0 radical (unpaired) electrons. The summed E-state index contributed by atoms with van der Waals surface area (Å²) in [5, 5.41) is 5.97. The van der Waals surface area contributed by atoms with Gasteiger partial charge in [0.1, 0.15) is 5.82 Å². The van der Waals surface area contributed by atoms with Crippen molar-refractivity contribution in [1.29, 1.82) is 0 Å². The number of benzene rings is 2. The van der Waals surface area contributed by atoms with Gasteiger partial charge in [-0.1, -0.05) is 35.9 Å². The number of hydrogen-bond donors (Lipinski definition) is 2. The van der Waals surface area contributed by atoms with Gasteiger partial charge < -0.3 is 19.8 Å². The summed E-state index contributed by atoms with van der Waals surface area (Å²) < 4.78 is 11.6. The highest BCUT2D eigenvalue weighted by molar-refractivity contribution is 5.87. The first kappa shape index (κ1) is 15.1. The first-order valence-corrected chi connectivity index (χ1v) is 8.78. The Bertz CT molecular complexity index is 928. The molecule has 128 valence electrons. The van der Waals surface area contributed by atoms with Gasteiger partial charge in [0.25, 0.3) is 0 Å². The number of ether oxygens (including phenoxy) is 2. The quantitative estimate of drug-likeness (QED) is 0.754. The molecule has 0 amide bonds. The fraction of sp³-hybridized carbons (Fsp3) is 0.350. The van der Waals surface area contributed by atoms with Crippen LogP contribution in [0.4, 0.5) is 0 Å². The van der Waals surface area contributed by atoms with Crippen molar-refractivity contribution in [2.45, 2.75) is 25.2 Å². The Morgan fingerprint density at radius 3 is 2.76 bits per heavy atom. The number of nitrogens with one attached hydrogen (secondary N) is 2. The predicted octanol–water partition coefficient (Wildman–Crippen LogP) is 3.32. The van der Waals surface area contributed by atoms with Gasteiger partial charge in [-0.15, -0.1) is 0 Å². The van der Waals surface area contributed by atoms with E-state index >= 15 is 0 Å². The van der Waals surface area contributed by atoms with E-state index in [1.54, 1.807) is 0 Å². The summed E-state index contributed by atoms with van der Waals surface area (Å²) in [5.74, 6) is 0.480. The number of aromatic nitrogens is 2. The fourth-order valence-electron chi connectivity index (χ4n) is 3.84. The number of hydrogen-bond acceptors (Lipinski definition) is 4. The molecule has 0 saturated carbocycles. The maximum absolute atomic E-state index is 5.78. The van der Waals surface area contributed by atoms with E-state index in [-0.39, 0.29) is 6.04 Å². The molecule has 2 aromatic carbocycles. The Morgan fingerprint density at radius 1 is 1.08 bits per heavy atom. The van der Waals surface area contributed by atoms with Gasteiger partial charge in [0.05, 0.1) is 37.7 Å². The molecular weight excluding hydrogens is 314 g/mol. The smallest absolute Gasteiger partial charge is 0.182 e. The van der Waals surface area contributed by atoms with Gasteiger partial charge in [0, 0.05) is 12.0 Å². The van der Waals surface area contributed by atoms with E-state index in [1.165, 1.54) is 16.3 Å². The topological polar surface area (TPSA) is 59.2 Å². The molecule has 0 aliphatic carbocycles. The lowest BCUT2D eigenvalue weighted by molar-refractivity contribution is -0.141. The zero-order chi connectivity index (χ0) is 16.9. The van der Waals surface area contributed by atoms with Crippen molar-refractivity contribution in [3.63, 3.8) is 0 Å². The normalized spacial score (nSPS) is 22.2. The number of H-pyrrole nitrogens is 1. The Morgan fingerprint density at radius 2 is 1.88 bits per heavy atom. The van der Waals surface area contributed by atoms with Crippen LogP contribution in [-0.2, 0) is 9.47 Å². The summed E-state index contributed by atoms with van der Waals surface area (Å²) in [6.07, 6.45) is 2.70. The molecule has 2 fully saturated rings. The molecule has 2 saturated heterocycles. The largest absolute Gasteiger partial charge is 0.346 e. The van der Waals surface area contributed by atoms with Crippen LogP contribution in [0.5, 0.6) is 0 Å². The number of nitrogens with zero attached hydrogens (tertiary/aromatic N) is 1. The minimum absolute atomic E-state index is 0.134. The lowest BCUT2D eigenvalue weighted by Gasteiger charge is -2.19. The van der Waals surface area contributed by atoms with Gasteiger partial charge in [-0.3, -0.25) is 0 Å². The predicted molar refractivity (Wildman–Crippen MR) is 96.3 cm³/mol. The van der Waals surface area contributed by atoms with Crippen molar-refractivity contribution in [3.8, 4) is 11.3 Å². The third kappa shape index (κ3) is 2.65. The fourth-order valence-corrected chi connectivity index (χ4v) is 3.84. The van der Waals surface area contributed by atoms with E-state index in [4.69, 9.17) is 9.47 Å². The average molecular weight is 335 g/mol. The highest BCUT2D eigenvalue weighted by atomic mass is 16.7. The van der Waals surface area contributed by atoms with Crippen molar-refractivity contribution in [3.05, 3.63) is 54.0 Å².